The van der Waals surface area contributed by atoms with Crippen molar-refractivity contribution in [3.05, 3.63) is 23.5 Å². The van der Waals surface area contributed by atoms with Crippen LogP contribution in [0.15, 0.2) is 17.0 Å². The molecule has 0 aliphatic carbocycles. The van der Waals surface area contributed by atoms with Gasteiger partial charge in [-0.25, -0.2) is 9.29 Å². The number of carbonyl (C=O) groups is 2. The zero-order chi connectivity index (χ0) is 16.7. The second kappa shape index (κ2) is 5.79. The van der Waals surface area contributed by atoms with Crippen molar-refractivity contribution in [2.24, 2.45) is 0 Å². The van der Waals surface area contributed by atoms with E-state index < -0.39 is 46.0 Å². The molecule has 1 fully saturated rings. The molecule has 2 rings (SSSR count). The van der Waals surface area contributed by atoms with E-state index in [-0.39, 0.29) is 23.3 Å². The molecule has 1 aromatic carbocycles. The number of rotatable bonds is 3. The highest BCUT2D eigenvalue weighted by Gasteiger charge is 2.35. The standard InChI is InChI=1S/C13H11F4NO3S/c1-7-4-8(14)9(18-11(19)2-3-12(18)20)5-10(7)22(21)6-13(15,16)17/h4-5H,2-3,6H2,1H3. The maximum atomic E-state index is 14.0. The molecule has 0 saturated carbocycles. The van der Waals surface area contributed by atoms with Crippen molar-refractivity contribution in [1.29, 1.82) is 0 Å². The Labute approximate surface area is 125 Å². The van der Waals surface area contributed by atoms with E-state index in [1.165, 1.54) is 6.92 Å². The van der Waals surface area contributed by atoms with E-state index in [0.29, 0.717) is 4.90 Å². The van der Waals surface area contributed by atoms with Gasteiger partial charge in [0.15, 0.2) is 0 Å². The summed E-state index contributed by atoms with van der Waals surface area (Å²) in [7, 11) is -2.45. The fourth-order valence-electron chi connectivity index (χ4n) is 2.13. The molecule has 9 heteroatoms. The first kappa shape index (κ1) is 16.6. The molecule has 4 nitrogen and oxygen atoms in total. The van der Waals surface area contributed by atoms with Crippen LogP contribution in [0.1, 0.15) is 18.4 Å². The van der Waals surface area contributed by atoms with Gasteiger partial charge in [0.1, 0.15) is 11.6 Å². The lowest BCUT2D eigenvalue weighted by Gasteiger charge is -2.17. The van der Waals surface area contributed by atoms with Crippen molar-refractivity contribution >= 4 is 28.3 Å². The van der Waals surface area contributed by atoms with Crippen LogP contribution in [0.5, 0.6) is 0 Å². The summed E-state index contributed by atoms with van der Waals surface area (Å²) in [6.45, 7) is 1.31. The molecule has 0 radical (unpaired) electrons. The minimum absolute atomic E-state index is 0.0583. The zero-order valence-corrected chi connectivity index (χ0v) is 12.2. The van der Waals surface area contributed by atoms with E-state index in [0.717, 1.165) is 12.1 Å². The quantitative estimate of drug-likeness (QED) is 0.629. The summed E-state index contributed by atoms with van der Waals surface area (Å²) in [4.78, 5) is 23.6. The van der Waals surface area contributed by atoms with E-state index in [1.807, 2.05) is 0 Å². The van der Waals surface area contributed by atoms with Gasteiger partial charge in [-0.05, 0) is 24.6 Å². The number of anilines is 1. The lowest BCUT2D eigenvalue weighted by Crippen LogP contribution is -2.30. The summed E-state index contributed by atoms with van der Waals surface area (Å²) >= 11 is 0. The van der Waals surface area contributed by atoms with Gasteiger partial charge in [-0.1, -0.05) is 0 Å². The van der Waals surface area contributed by atoms with Crippen molar-refractivity contribution in [3.63, 3.8) is 0 Å². The topological polar surface area (TPSA) is 54.5 Å². The molecule has 22 heavy (non-hydrogen) atoms. The monoisotopic (exact) mass is 337 g/mol. The molecule has 0 bridgehead atoms. The summed E-state index contributed by atoms with van der Waals surface area (Å²) in [5.74, 6) is -3.78. The zero-order valence-electron chi connectivity index (χ0n) is 11.4. The van der Waals surface area contributed by atoms with Crippen LogP contribution in [0.25, 0.3) is 0 Å². The highest BCUT2D eigenvalue weighted by molar-refractivity contribution is 7.85. The Balaban J connectivity index is 2.45. The Morgan fingerprint density at radius 1 is 1.18 bits per heavy atom. The number of carbonyl (C=O) groups excluding carboxylic acids is 2. The van der Waals surface area contributed by atoms with E-state index in [1.54, 1.807) is 0 Å². The highest BCUT2D eigenvalue weighted by Crippen LogP contribution is 2.31. The number of alkyl halides is 3. The number of aryl methyl sites for hydroxylation is 1. The number of imide groups is 1. The molecule has 0 aromatic heterocycles. The van der Waals surface area contributed by atoms with Gasteiger partial charge >= 0.3 is 6.18 Å². The van der Waals surface area contributed by atoms with E-state index in [2.05, 4.69) is 0 Å². The lowest BCUT2D eigenvalue weighted by atomic mass is 10.2. The number of hydrogen-bond acceptors (Lipinski definition) is 3. The fraction of sp³-hybridized carbons (Fsp3) is 0.385. The van der Waals surface area contributed by atoms with Gasteiger partial charge in [0.2, 0.25) is 11.8 Å². The molecule has 1 aromatic rings. The van der Waals surface area contributed by atoms with Crippen LogP contribution in [0.3, 0.4) is 0 Å². The first-order valence-corrected chi connectivity index (χ1v) is 7.53. The van der Waals surface area contributed by atoms with Crippen molar-refractivity contribution in [2.45, 2.75) is 30.8 Å². The number of hydrogen-bond donors (Lipinski definition) is 0. The van der Waals surface area contributed by atoms with Gasteiger partial charge in [-0.15, -0.1) is 0 Å². The second-order valence-electron chi connectivity index (χ2n) is 4.80. The molecule has 1 aliphatic rings. The Kier molecular flexibility index (Phi) is 4.37. The van der Waals surface area contributed by atoms with Gasteiger partial charge in [-0.2, -0.15) is 13.2 Å². The molecule has 0 spiro atoms. The Morgan fingerprint density at radius 3 is 2.23 bits per heavy atom. The maximum Gasteiger partial charge on any atom is 0.400 e. The van der Waals surface area contributed by atoms with Crippen molar-refractivity contribution in [2.75, 3.05) is 10.7 Å². The Morgan fingerprint density at radius 2 is 1.73 bits per heavy atom. The van der Waals surface area contributed by atoms with Gasteiger partial charge in [0.25, 0.3) is 0 Å². The Bertz CT molecular complexity index is 656. The van der Waals surface area contributed by atoms with Gasteiger partial charge in [0, 0.05) is 17.7 Å². The molecule has 1 saturated heterocycles. The smallest absolute Gasteiger partial charge is 0.274 e. The van der Waals surface area contributed by atoms with Gasteiger partial charge in [-0.3, -0.25) is 13.8 Å². The average molecular weight is 337 g/mol. The summed E-state index contributed by atoms with van der Waals surface area (Å²) in [5.41, 5.74) is -0.397. The lowest BCUT2D eigenvalue weighted by molar-refractivity contribution is -0.121. The first-order chi connectivity index (χ1) is 10.1. The minimum atomic E-state index is -4.65. The van der Waals surface area contributed by atoms with Crippen LogP contribution in [0.4, 0.5) is 23.2 Å². The number of halogens is 4. The molecular weight excluding hydrogens is 326 g/mol. The molecule has 1 unspecified atom stereocenters. The largest absolute Gasteiger partial charge is 0.400 e. The van der Waals surface area contributed by atoms with E-state index in [4.69, 9.17) is 0 Å². The normalized spacial score (nSPS) is 17.2. The molecular formula is C13H11F4NO3S. The van der Waals surface area contributed by atoms with Crippen LogP contribution < -0.4 is 4.90 Å². The van der Waals surface area contributed by atoms with Crippen LogP contribution in [-0.2, 0) is 20.4 Å². The van der Waals surface area contributed by atoms with Crippen LogP contribution in [-0.4, -0.2) is 28.0 Å². The van der Waals surface area contributed by atoms with Gasteiger partial charge < -0.3 is 0 Å². The number of nitrogens with zero attached hydrogens (tertiary/aromatic N) is 1. The molecule has 1 aliphatic heterocycles. The summed E-state index contributed by atoms with van der Waals surface area (Å²) < 4.78 is 62.8. The third kappa shape index (κ3) is 3.34. The SMILES string of the molecule is Cc1cc(F)c(N2C(=O)CCC2=O)cc1S(=O)CC(F)(F)F. The highest BCUT2D eigenvalue weighted by atomic mass is 32.2. The van der Waals surface area contributed by atoms with Crippen LogP contribution >= 0.6 is 0 Å². The second-order valence-corrected chi connectivity index (χ2v) is 6.22. The van der Waals surface area contributed by atoms with Crippen molar-refractivity contribution < 1.29 is 31.4 Å². The first-order valence-electron chi connectivity index (χ1n) is 6.21. The summed E-state index contributed by atoms with van der Waals surface area (Å²) in [6, 6.07) is 1.76. The third-order valence-electron chi connectivity index (χ3n) is 3.08. The van der Waals surface area contributed by atoms with E-state index >= 15 is 0 Å². The molecule has 120 valence electrons. The molecule has 1 heterocycles. The number of benzene rings is 1. The minimum Gasteiger partial charge on any atom is -0.274 e. The predicted octanol–water partition coefficient (Wildman–Crippen LogP) is 2.46. The van der Waals surface area contributed by atoms with E-state index in [9.17, 15) is 31.4 Å². The number of amides is 2. The van der Waals surface area contributed by atoms with Crippen molar-refractivity contribution in [1.82, 2.24) is 0 Å². The average Bonchev–Trinajstić information content (AvgIpc) is 2.67. The van der Waals surface area contributed by atoms with Crippen molar-refractivity contribution in [3.8, 4) is 0 Å². The molecule has 1 atom stereocenters. The van der Waals surface area contributed by atoms with Crippen LogP contribution in [0.2, 0.25) is 0 Å². The fourth-order valence-corrected chi connectivity index (χ4v) is 3.24. The molecule has 2 amide bonds. The van der Waals surface area contributed by atoms with Crippen LogP contribution in [0, 0.1) is 12.7 Å². The maximum absolute atomic E-state index is 14.0. The third-order valence-corrected chi connectivity index (χ3v) is 4.60. The summed E-state index contributed by atoms with van der Waals surface area (Å²) in [5, 5.41) is 0. The molecule has 0 N–H and O–H groups in total. The van der Waals surface area contributed by atoms with Gasteiger partial charge in [0.05, 0.1) is 16.5 Å². The predicted molar refractivity (Wildman–Crippen MR) is 70.2 cm³/mol. The Hall–Kier alpha value is -1.77. The summed E-state index contributed by atoms with van der Waals surface area (Å²) in [6.07, 6.45) is -4.83.